The van der Waals surface area contributed by atoms with E-state index < -0.39 is 58.6 Å². The van der Waals surface area contributed by atoms with Crippen LogP contribution in [0.3, 0.4) is 0 Å². The highest BCUT2D eigenvalue weighted by Gasteiger charge is 2.55. The van der Waals surface area contributed by atoms with Crippen LogP contribution in [0.2, 0.25) is 0 Å². The Hall–Kier alpha value is -10.2. The molecule has 1 saturated heterocycles. The van der Waals surface area contributed by atoms with Gasteiger partial charge in [-0.2, -0.15) is 0 Å². The summed E-state index contributed by atoms with van der Waals surface area (Å²) in [7, 11) is 6.21. The third-order valence-corrected chi connectivity index (χ3v) is 19.5. The van der Waals surface area contributed by atoms with Crippen LogP contribution >= 0.6 is 34.9 Å². The molecule has 107 heavy (non-hydrogen) atoms. The summed E-state index contributed by atoms with van der Waals surface area (Å²) in [6, 6.07) is 56.0. The number of hydrogen-bond acceptors (Lipinski definition) is 27. The third kappa shape index (κ3) is 20.3. The van der Waals surface area contributed by atoms with Crippen LogP contribution in [0.5, 0.6) is 23.0 Å². The van der Waals surface area contributed by atoms with E-state index in [1.54, 1.807) is 57.0 Å². The van der Waals surface area contributed by atoms with Crippen molar-refractivity contribution in [2.24, 2.45) is 5.16 Å². The zero-order valence-corrected chi connectivity index (χ0v) is 61.3. The van der Waals surface area contributed by atoms with Gasteiger partial charge in [-0.25, -0.2) is 14.6 Å². The number of β-lactam (4-membered cyclic amide) rings is 1. The summed E-state index contributed by atoms with van der Waals surface area (Å²) in [5, 5.41) is 31.6. The number of nitrogens with one attached hydrogen (secondary N) is 2. The number of anilines is 1. The van der Waals surface area contributed by atoms with Gasteiger partial charge in [0.15, 0.2) is 67.1 Å². The van der Waals surface area contributed by atoms with Crippen LogP contribution in [0.1, 0.15) is 51.3 Å². The van der Waals surface area contributed by atoms with Crippen molar-refractivity contribution < 1.29 is 95.1 Å². The average molecular weight is 1520 g/mol. The van der Waals surface area contributed by atoms with Gasteiger partial charge in [0, 0.05) is 56.5 Å². The number of esters is 1. The molecule has 3 N–H and O–H groups in total. The van der Waals surface area contributed by atoms with Gasteiger partial charge in [-0.05, 0) is 63.7 Å². The molecule has 2 aromatic heterocycles. The highest BCUT2D eigenvalue weighted by Crippen LogP contribution is 2.44. The van der Waals surface area contributed by atoms with E-state index in [4.69, 9.17) is 75.8 Å². The molecule has 0 radical (unpaired) electrons. The molecule has 560 valence electrons. The summed E-state index contributed by atoms with van der Waals surface area (Å²) in [6.45, 7) is 1.65. The molecule has 3 atom stereocenters. The SMILES string of the molecule is COCCOCOc1ccc(-c2nnc(SCC3=C(C(=O)O)N4C(=O)[C@@H](NC(=O)C(=NOC(C(=O)OC(c5ccccc5)c5ccccc5)c5ccc(OCOCCOC)c(OCOCCOC)c5)c5csc(NC(c6ccccc6)(c6ccccc6)c6ccccc6)n5)[C@@H]4SC3)o2)cc1OCOCCOC. The Morgan fingerprint density at radius 3 is 1.63 bits per heavy atom. The lowest BCUT2D eigenvalue weighted by Crippen LogP contribution is -2.71. The fourth-order valence-corrected chi connectivity index (χ4v) is 14.2. The number of aromatic nitrogens is 3. The smallest absolute Gasteiger partial charge is 0.355 e. The maximum Gasteiger partial charge on any atom is 0.355 e. The molecule has 0 bridgehead atoms. The number of methoxy groups -OCH3 is 4. The maximum absolute atomic E-state index is 15.5. The molecule has 2 aliphatic heterocycles. The molecule has 1 unspecified atom stereocenters. The van der Waals surface area contributed by atoms with Crippen LogP contribution in [0.25, 0.3) is 11.5 Å². The number of ether oxygens (including phenoxy) is 13. The number of carboxylic acids is 1. The van der Waals surface area contributed by atoms with Gasteiger partial charge in [-0.3, -0.25) is 14.5 Å². The molecular weight excluding hydrogens is 1440 g/mol. The summed E-state index contributed by atoms with van der Waals surface area (Å²) in [5.41, 5.74) is 2.95. The summed E-state index contributed by atoms with van der Waals surface area (Å²) in [5.74, 6) is -2.82. The number of carbonyl (C=O) groups excluding carboxylic acids is 3. The Balaban J connectivity index is 0.918. The third-order valence-electron chi connectivity index (χ3n) is 16.5. The molecular formula is C77H79N7O20S3. The maximum atomic E-state index is 15.5. The molecule has 7 aromatic carbocycles. The molecule has 2 aliphatic rings. The van der Waals surface area contributed by atoms with Crippen molar-refractivity contribution >= 4 is 69.5 Å². The largest absolute Gasteiger partial charge is 0.477 e. The van der Waals surface area contributed by atoms with Crippen LogP contribution in [-0.4, -0.2) is 186 Å². The molecule has 0 spiro atoms. The number of thioether (sulfide) groups is 2. The number of benzene rings is 7. The van der Waals surface area contributed by atoms with E-state index in [1.165, 1.54) is 24.9 Å². The summed E-state index contributed by atoms with van der Waals surface area (Å²) in [6.07, 6.45) is -2.76. The van der Waals surface area contributed by atoms with Crippen LogP contribution in [0.15, 0.2) is 220 Å². The van der Waals surface area contributed by atoms with E-state index >= 15 is 9.59 Å². The lowest BCUT2D eigenvalue weighted by molar-refractivity contribution is -0.162. The van der Waals surface area contributed by atoms with Gasteiger partial charge in [-0.1, -0.05) is 175 Å². The predicted octanol–water partition coefficient (Wildman–Crippen LogP) is 10.9. The van der Waals surface area contributed by atoms with Crippen molar-refractivity contribution in [1.29, 1.82) is 0 Å². The predicted molar refractivity (Wildman–Crippen MR) is 396 cm³/mol. The van der Waals surface area contributed by atoms with Gasteiger partial charge < -0.3 is 86.6 Å². The second-order valence-corrected chi connectivity index (χ2v) is 26.3. The standard InChI is InChI=1S/C77H79N7O20S3/c1-90-34-38-94-47-98-60-32-30-53(42-62(60)100-49-96-40-36-92-3)68(74(89)102-67(51-20-10-5-11-21-51)52-22-12-6-13-23-52)104-83-64(59-46-106-75(78-59)80-77(56-24-14-7-15-25-56,57-26-16-8-17-27-57)58-28-18-9-19-29-58)69(85)79-65-71(86)84-66(73(87)88)55(44-105-72(65)84)45-107-76-82-81-70(103-76)54-31-33-61(99-48-95-39-35-91-2)63(43-54)101-50-97-41-37-93-4/h5-33,42-43,46,65,67-68,72H,34-41,44-45,47-50H2,1-4H3,(H,78,80)(H,79,85)(H,87,88)/t65-,68?,72+/m1/s1. The van der Waals surface area contributed by atoms with E-state index in [2.05, 4.69) is 26.0 Å². The molecule has 1 fully saturated rings. The number of oxime groups is 1. The van der Waals surface area contributed by atoms with Crippen LogP contribution < -0.4 is 29.6 Å². The number of rotatable bonds is 44. The number of fused-ring (bicyclic) bond motifs is 1. The first-order valence-electron chi connectivity index (χ1n) is 33.7. The minimum absolute atomic E-state index is 0.0249. The molecule has 11 rings (SSSR count). The van der Waals surface area contributed by atoms with Gasteiger partial charge in [0.25, 0.3) is 17.0 Å². The van der Waals surface area contributed by atoms with Crippen molar-refractivity contribution in [1.82, 2.24) is 25.4 Å². The molecule has 9 aromatic rings. The van der Waals surface area contributed by atoms with Crippen LogP contribution in [-0.2, 0) is 72.2 Å². The number of hydrogen-bond donors (Lipinski definition) is 3. The highest BCUT2D eigenvalue weighted by molar-refractivity contribution is 8.01. The highest BCUT2D eigenvalue weighted by atomic mass is 32.2. The lowest BCUT2D eigenvalue weighted by Gasteiger charge is -2.49. The quantitative estimate of drug-likeness (QED) is 0.00467. The van der Waals surface area contributed by atoms with Gasteiger partial charge in [-0.15, -0.1) is 33.3 Å². The minimum atomic E-state index is -1.78. The minimum Gasteiger partial charge on any atom is -0.477 e. The molecule has 27 nitrogen and oxygen atoms in total. The van der Waals surface area contributed by atoms with Crippen molar-refractivity contribution in [3.63, 3.8) is 0 Å². The Morgan fingerprint density at radius 1 is 0.617 bits per heavy atom. The first kappa shape index (κ1) is 77.9. The Kier molecular flexibility index (Phi) is 29.1. The fourth-order valence-electron chi connectivity index (χ4n) is 11.2. The van der Waals surface area contributed by atoms with E-state index in [0.29, 0.717) is 65.3 Å². The Labute approximate surface area is 629 Å². The Morgan fingerprint density at radius 2 is 1.11 bits per heavy atom. The van der Waals surface area contributed by atoms with Crippen molar-refractivity contribution in [3.8, 4) is 34.5 Å². The zero-order chi connectivity index (χ0) is 74.6. The van der Waals surface area contributed by atoms with Crippen LogP contribution in [0, 0.1) is 0 Å². The molecule has 0 aliphatic carbocycles. The number of thiazole rings is 1. The normalized spacial score (nSPS) is 14.6. The topological polar surface area (TPSA) is 309 Å². The lowest BCUT2D eigenvalue weighted by atomic mass is 9.77. The molecule has 2 amide bonds. The first-order valence-corrected chi connectivity index (χ1v) is 36.6. The summed E-state index contributed by atoms with van der Waals surface area (Å²) in [4.78, 5) is 71.7. The van der Waals surface area contributed by atoms with Crippen molar-refractivity contribution in [2.75, 3.05) is 125 Å². The molecule has 4 heterocycles. The second-order valence-electron chi connectivity index (χ2n) is 23.4. The number of aliphatic carboxylic acids is 1. The van der Waals surface area contributed by atoms with E-state index in [9.17, 15) is 14.7 Å². The zero-order valence-electron chi connectivity index (χ0n) is 58.8. The Bertz CT molecular complexity index is 4260. The van der Waals surface area contributed by atoms with Crippen molar-refractivity contribution in [3.05, 3.63) is 244 Å². The first-order chi connectivity index (χ1) is 52.5. The van der Waals surface area contributed by atoms with Gasteiger partial charge in [0.1, 0.15) is 28.3 Å². The summed E-state index contributed by atoms with van der Waals surface area (Å²) >= 11 is 3.46. The number of nitrogens with zero attached hydrogens (tertiary/aromatic N) is 5. The fraction of sp³-hybridized carbons (Fsp3) is 0.299. The number of carboxylic acid groups (broad SMARTS) is 1. The molecule has 0 saturated carbocycles. The monoisotopic (exact) mass is 1520 g/mol. The number of amides is 2. The van der Waals surface area contributed by atoms with E-state index in [0.717, 1.165) is 44.7 Å². The summed E-state index contributed by atoms with van der Waals surface area (Å²) < 4.78 is 79.3. The van der Waals surface area contributed by atoms with Gasteiger partial charge >= 0.3 is 11.9 Å². The van der Waals surface area contributed by atoms with E-state index in [1.807, 2.05) is 152 Å². The number of carbonyl (C=O) groups is 4. The van der Waals surface area contributed by atoms with Gasteiger partial charge in [0.05, 0.1) is 52.9 Å². The molecule has 30 heteroatoms. The van der Waals surface area contributed by atoms with Crippen LogP contribution in [0.4, 0.5) is 5.13 Å². The van der Waals surface area contributed by atoms with E-state index in [-0.39, 0.29) is 105 Å². The van der Waals surface area contributed by atoms with Crippen molar-refractivity contribution in [2.45, 2.75) is 34.4 Å². The van der Waals surface area contributed by atoms with Gasteiger partial charge in [0.2, 0.25) is 12.0 Å². The average Bonchev–Trinajstić information content (AvgIpc) is 1.23. The second kappa shape index (κ2) is 39.9.